The Morgan fingerprint density at radius 3 is 3.00 bits per heavy atom. The number of β-lactam (4-membered cyclic amide) rings is 1. The molecule has 118 valence electrons. The predicted molar refractivity (Wildman–Crippen MR) is 79.6 cm³/mol. The van der Waals surface area contributed by atoms with Crippen LogP contribution in [-0.4, -0.2) is 67.0 Å². The number of carbonyl (C=O) groups is 2. The summed E-state index contributed by atoms with van der Waals surface area (Å²) in [6.07, 6.45) is 0. The van der Waals surface area contributed by atoms with Crippen LogP contribution in [0.2, 0.25) is 0 Å². The van der Waals surface area contributed by atoms with Crippen molar-refractivity contribution < 1.29 is 14.3 Å². The van der Waals surface area contributed by atoms with Gasteiger partial charge in [-0.2, -0.15) is 0 Å². The number of hydrogen-bond acceptors (Lipinski definition) is 9. The van der Waals surface area contributed by atoms with Gasteiger partial charge in [0.15, 0.2) is 0 Å². The highest BCUT2D eigenvalue weighted by atomic mass is 32.2. The van der Waals surface area contributed by atoms with Crippen LogP contribution in [0.25, 0.3) is 0 Å². The Balaban J connectivity index is 1.85. The number of rotatable bonds is 4. The normalized spacial score (nSPS) is 24.1. The molecule has 0 radical (unpaired) electrons. The van der Waals surface area contributed by atoms with Gasteiger partial charge in [0.05, 0.1) is 7.11 Å². The summed E-state index contributed by atoms with van der Waals surface area (Å²) in [6.45, 7) is 0. The molecule has 9 nitrogen and oxygen atoms in total. The Hall–Kier alpha value is -1.59. The summed E-state index contributed by atoms with van der Waals surface area (Å²) >= 11 is 2.95. The SMILES string of the molecule is COC(=O)C1=C(CSc2nnnn2C)CS[C@H]2C(N)C(=O)N12. The van der Waals surface area contributed by atoms with Crippen molar-refractivity contribution in [3.8, 4) is 0 Å². The van der Waals surface area contributed by atoms with Gasteiger partial charge in [-0.3, -0.25) is 9.69 Å². The fraction of sp³-hybridized carbons (Fsp3) is 0.545. The molecule has 1 aromatic rings. The number of carbonyl (C=O) groups excluding carboxylic acids is 2. The molecule has 1 fully saturated rings. The van der Waals surface area contributed by atoms with Crippen molar-refractivity contribution in [3.63, 3.8) is 0 Å². The highest BCUT2D eigenvalue weighted by molar-refractivity contribution is 8.01. The van der Waals surface area contributed by atoms with Crippen LogP contribution in [0.15, 0.2) is 16.4 Å². The van der Waals surface area contributed by atoms with E-state index in [2.05, 4.69) is 15.5 Å². The van der Waals surface area contributed by atoms with Crippen molar-refractivity contribution in [2.75, 3.05) is 18.6 Å². The average molecular weight is 342 g/mol. The van der Waals surface area contributed by atoms with Gasteiger partial charge in [-0.25, -0.2) is 9.48 Å². The van der Waals surface area contributed by atoms with E-state index in [0.717, 1.165) is 5.57 Å². The summed E-state index contributed by atoms with van der Waals surface area (Å²) in [5.41, 5.74) is 6.90. The van der Waals surface area contributed by atoms with Crippen molar-refractivity contribution in [1.82, 2.24) is 25.1 Å². The number of fused-ring (bicyclic) bond motifs is 1. The zero-order valence-electron chi connectivity index (χ0n) is 11.9. The van der Waals surface area contributed by atoms with Crippen LogP contribution < -0.4 is 5.73 Å². The molecule has 3 heterocycles. The predicted octanol–water partition coefficient (Wildman–Crippen LogP) is -1.03. The minimum atomic E-state index is -0.554. The monoisotopic (exact) mass is 342 g/mol. The van der Waals surface area contributed by atoms with Crippen LogP contribution in [0.5, 0.6) is 0 Å². The summed E-state index contributed by atoms with van der Waals surface area (Å²) in [7, 11) is 3.04. The standard InChI is InChI=1S/C11H14N6O3S2/c1-16-11(13-14-15-16)22-4-5-3-21-9-6(12)8(18)17(9)7(5)10(19)20-2/h6,9H,3-4,12H2,1-2H3/t6?,9-/m0/s1. The molecule has 1 amide bonds. The number of nitrogens with two attached hydrogens (primary N) is 1. The molecule has 1 saturated heterocycles. The minimum Gasteiger partial charge on any atom is -0.464 e. The number of aryl methyl sites for hydroxylation is 1. The first-order valence-electron chi connectivity index (χ1n) is 6.40. The topological polar surface area (TPSA) is 116 Å². The van der Waals surface area contributed by atoms with E-state index >= 15 is 0 Å². The molecule has 0 aromatic carbocycles. The van der Waals surface area contributed by atoms with Crippen molar-refractivity contribution >= 4 is 35.4 Å². The Morgan fingerprint density at radius 1 is 1.59 bits per heavy atom. The van der Waals surface area contributed by atoms with Gasteiger partial charge in [0, 0.05) is 18.6 Å². The van der Waals surface area contributed by atoms with Crippen molar-refractivity contribution in [1.29, 1.82) is 0 Å². The quantitative estimate of drug-likeness (QED) is 0.416. The van der Waals surface area contributed by atoms with Crippen LogP contribution in [0.4, 0.5) is 0 Å². The van der Waals surface area contributed by atoms with Gasteiger partial charge in [0.1, 0.15) is 17.1 Å². The van der Waals surface area contributed by atoms with E-state index in [-0.39, 0.29) is 11.3 Å². The third-order valence-electron chi connectivity index (χ3n) is 3.42. The molecule has 1 unspecified atom stereocenters. The van der Waals surface area contributed by atoms with Crippen molar-refractivity contribution in [2.45, 2.75) is 16.6 Å². The molecule has 3 rings (SSSR count). The van der Waals surface area contributed by atoms with E-state index in [4.69, 9.17) is 10.5 Å². The Morgan fingerprint density at radius 2 is 2.36 bits per heavy atom. The number of nitrogens with zero attached hydrogens (tertiary/aromatic N) is 5. The fourth-order valence-electron chi connectivity index (χ4n) is 2.27. The van der Waals surface area contributed by atoms with Gasteiger partial charge in [-0.15, -0.1) is 16.9 Å². The number of amides is 1. The molecule has 0 spiro atoms. The van der Waals surface area contributed by atoms with Crippen LogP contribution >= 0.6 is 23.5 Å². The lowest BCUT2D eigenvalue weighted by molar-refractivity contribution is -0.149. The third-order valence-corrected chi connectivity index (χ3v) is 5.88. The van der Waals surface area contributed by atoms with Crippen molar-refractivity contribution in [2.24, 2.45) is 12.8 Å². The number of thioether (sulfide) groups is 2. The molecule has 2 N–H and O–H groups in total. The average Bonchev–Trinajstić information content (AvgIpc) is 2.95. The molecule has 22 heavy (non-hydrogen) atoms. The molecule has 2 atom stereocenters. The van der Waals surface area contributed by atoms with Crippen LogP contribution in [0.3, 0.4) is 0 Å². The molecule has 11 heteroatoms. The lowest BCUT2D eigenvalue weighted by Gasteiger charge is -2.48. The zero-order valence-corrected chi connectivity index (χ0v) is 13.6. The number of tetrazole rings is 1. The summed E-state index contributed by atoms with van der Waals surface area (Å²) < 4.78 is 6.37. The smallest absolute Gasteiger partial charge is 0.354 e. The van der Waals surface area contributed by atoms with Crippen LogP contribution in [-0.2, 0) is 21.4 Å². The van der Waals surface area contributed by atoms with E-state index in [0.29, 0.717) is 22.4 Å². The summed E-state index contributed by atoms with van der Waals surface area (Å²) in [6, 6.07) is -0.554. The molecular weight excluding hydrogens is 328 g/mol. The lowest BCUT2D eigenvalue weighted by Crippen LogP contribution is -2.68. The maximum Gasteiger partial charge on any atom is 0.354 e. The summed E-state index contributed by atoms with van der Waals surface area (Å²) in [5.74, 6) is 0.347. The first-order valence-corrected chi connectivity index (χ1v) is 8.43. The van der Waals surface area contributed by atoms with Crippen LogP contribution in [0, 0.1) is 0 Å². The van der Waals surface area contributed by atoms with Gasteiger partial charge in [-0.05, 0) is 16.0 Å². The molecule has 0 bridgehead atoms. The Kier molecular flexibility index (Phi) is 4.10. The first-order chi connectivity index (χ1) is 10.5. The number of hydrogen-bond donors (Lipinski definition) is 1. The van der Waals surface area contributed by atoms with E-state index in [9.17, 15) is 9.59 Å². The van der Waals surface area contributed by atoms with Gasteiger partial charge in [-0.1, -0.05) is 11.8 Å². The highest BCUT2D eigenvalue weighted by Crippen LogP contribution is 2.40. The number of aromatic nitrogens is 4. The van der Waals surface area contributed by atoms with E-state index < -0.39 is 12.0 Å². The van der Waals surface area contributed by atoms with Crippen molar-refractivity contribution in [3.05, 3.63) is 11.3 Å². The molecule has 2 aliphatic rings. The second-order valence-electron chi connectivity index (χ2n) is 4.75. The summed E-state index contributed by atoms with van der Waals surface area (Å²) in [5, 5.41) is 11.6. The highest BCUT2D eigenvalue weighted by Gasteiger charge is 2.51. The molecule has 1 aromatic heterocycles. The Bertz CT molecular complexity index is 660. The zero-order chi connectivity index (χ0) is 15.9. The number of ether oxygens (including phenoxy) is 1. The van der Waals surface area contributed by atoms with Crippen LogP contribution in [0.1, 0.15) is 0 Å². The lowest BCUT2D eigenvalue weighted by atomic mass is 10.0. The maximum atomic E-state index is 12.1. The first kappa shape index (κ1) is 15.3. The number of methoxy groups -OCH3 is 1. The number of esters is 1. The third kappa shape index (κ3) is 2.38. The van der Waals surface area contributed by atoms with E-state index in [1.165, 1.54) is 23.8 Å². The fourth-order valence-corrected chi connectivity index (χ4v) is 4.55. The van der Waals surface area contributed by atoms with Gasteiger partial charge < -0.3 is 10.5 Å². The van der Waals surface area contributed by atoms with E-state index in [1.54, 1.807) is 23.5 Å². The minimum absolute atomic E-state index is 0.188. The summed E-state index contributed by atoms with van der Waals surface area (Å²) in [4.78, 5) is 25.5. The molecule has 0 aliphatic carbocycles. The second-order valence-corrected chi connectivity index (χ2v) is 6.80. The van der Waals surface area contributed by atoms with Gasteiger partial charge in [0.25, 0.3) is 0 Å². The van der Waals surface area contributed by atoms with Gasteiger partial charge >= 0.3 is 5.97 Å². The second kappa shape index (κ2) is 5.89. The van der Waals surface area contributed by atoms with E-state index in [1.807, 2.05) is 0 Å². The van der Waals surface area contributed by atoms with Gasteiger partial charge in [0.2, 0.25) is 11.1 Å². The molecule has 2 aliphatic heterocycles. The molecular formula is C11H14N6O3S2. The molecule has 0 saturated carbocycles. The maximum absolute atomic E-state index is 12.1. The largest absolute Gasteiger partial charge is 0.464 e. The Labute approximate surface area is 134 Å².